The molecule has 0 radical (unpaired) electrons. The third kappa shape index (κ3) is 5.10. The van der Waals surface area contributed by atoms with E-state index in [2.05, 4.69) is 10.3 Å². The molecule has 0 fully saturated rings. The summed E-state index contributed by atoms with van der Waals surface area (Å²) in [6, 6.07) is 5.47. The monoisotopic (exact) mass is 236 g/mol. The molecule has 1 heterocycles. The van der Waals surface area contributed by atoms with Crippen LogP contribution in [0.2, 0.25) is 0 Å². The van der Waals surface area contributed by atoms with E-state index in [1.165, 1.54) is 0 Å². The summed E-state index contributed by atoms with van der Waals surface area (Å²) in [5.41, 5.74) is 0.784. The van der Waals surface area contributed by atoms with Crippen molar-refractivity contribution in [3.63, 3.8) is 0 Å². The molecule has 1 aromatic rings. The fraction of sp³-hybridized carbons (Fsp3) is 0.417. The molecule has 0 aliphatic heterocycles. The maximum atomic E-state index is 11.4. The summed E-state index contributed by atoms with van der Waals surface area (Å²) in [4.78, 5) is 26.0. The fourth-order valence-electron chi connectivity index (χ4n) is 1.25. The molecule has 0 spiro atoms. The molecule has 1 rings (SSSR count). The molecule has 0 saturated carbocycles. The van der Waals surface area contributed by atoms with Crippen molar-refractivity contribution >= 4 is 11.9 Å². The summed E-state index contributed by atoms with van der Waals surface area (Å²) < 4.78 is 0. The Hall–Kier alpha value is -1.91. The zero-order valence-corrected chi connectivity index (χ0v) is 9.72. The Morgan fingerprint density at radius 1 is 1.47 bits per heavy atom. The van der Waals surface area contributed by atoms with Crippen molar-refractivity contribution in [3.8, 4) is 0 Å². The van der Waals surface area contributed by atoms with Crippen molar-refractivity contribution in [2.24, 2.45) is 5.92 Å². The SMILES string of the molecule is CC(CCC(=O)NCc1ccccn1)C(=O)O. The lowest BCUT2D eigenvalue weighted by Crippen LogP contribution is -2.24. The number of carboxylic acid groups (broad SMARTS) is 1. The van der Waals surface area contributed by atoms with Gasteiger partial charge in [0.25, 0.3) is 0 Å². The van der Waals surface area contributed by atoms with Gasteiger partial charge < -0.3 is 10.4 Å². The number of nitrogens with one attached hydrogen (secondary N) is 1. The highest BCUT2D eigenvalue weighted by molar-refractivity contribution is 5.77. The molecular formula is C12H16N2O3. The van der Waals surface area contributed by atoms with Gasteiger partial charge in [-0.05, 0) is 18.6 Å². The highest BCUT2D eigenvalue weighted by atomic mass is 16.4. The number of nitrogens with zero attached hydrogens (tertiary/aromatic N) is 1. The lowest BCUT2D eigenvalue weighted by Gasteiger charge is -2.06. The Kier molecular flexibility index (Phi) is 5.13. The minimum Gasteiger partial charge on any atom is -0.481 e. The smallest absolute Gasteiger partial charge is 0.306 e. The zero-order chi connectivity index (χ0) is 12.7. The van der Waals surface area contributed by atoms with Crippen LogP contribution in [-0.2, 0) is 16.1 Å². The molecule has 0 aliphatic carbocycles. The maximum absolute atomic E-state index is 11.4. The molecule has 2 N–H and O–H groups in total. The first-order valence-electron chi connectivity index (χ1n) is 5.49. The minimum absolute atomic E-state index is 0.149. The highest BCUT2D eigenvalue weighted by Gasteiger charge is 2.12. The number of carbonyl (C=O) groups excluding carboxylic acids is 1. The molecule has 0 aliphatic rings. The van der Waals surface area contributed by atoms with Crippen molar-refractivity contribution in [3.05, 3.63) is 30.1 Å². The Morgan fingerprint density at radius 3 is 2.82 bits per heavy atom. The maximum Gasteiger partial charge on any atom is 0.306 e. The lowest BCUT2D eigenvalue weighted by atomic mass is 10.1. The molecule has 0 bridgehead atoms. The van der Waals surface area contributed by atoms with E-state index in [1.807, 2.05) is 12.1 Å². The zero-order valence-electron chi connectivity index (χ0n) is 9.72. The summed E-state index contributed by atoms with van der Waals surface area (Å²) in [6.45, 7) is 1.97. The third-order valence-electron chi connectivity index (χ3n) is 2.42. The number of rotatable bonds is 6. The number of hydrogen-bond acceptors (Lipinski definition) is 3. The van der Waals surface area contributed by atoms with Gasteiger partial charge in [0, 0.05) is 12.6 Å². The number of pyridine rings is 1. The van der Waals surface area contributed by atoms with Crippen LogP contribution in [0.25, 0.3) is 0 Å². The van der Waals surface area contributed by atoms with E-state index in [0.717, 1.165) is 5.69 Å². The molecule has 5 heteroatoms. The van der Waals surface area contributed by atoms with Gasteiger partial charge >= 0.3 is 5.97 Å². The highest BCUT2D eigenvalue weighted by Crippen LogP contribution is 2.05. The van der Waals surface area contributed by atoms with Gasteiger partial charge in [-0.1, -0.05) is 13.0 Å². The second kappa shape index (κ2) is 6.62. The van der Waals surface area contributed by atoms with Crippen molar-refractivity contribution in [2.75, 3.05) is 0 Å². The number of hydrogen-bond donors (Lipinski definition) is 2. The first-order chi connectivity index (χ1) is 8.09. The van der Waals surface area contributed by atoms with Crippen LogP contribution in [0, 0.1) is 5.92 Å². The molecule has 0 aromatic carbocycles. The van der Waals surface area contributed by atoms with Gasteiger partial charge in [-0.15, -0.1) is 0 Å². The van der Waals surface area contributed by atoms with Crippen LogP contribution in [0.1, 0.15) is 25.5 Å². The van der Waals surface area contributed by atoms with Crippen LogP contribution >= 0.6 is 0 Å². The average Bonchev–Trinajstić information content (AvgIpc) is 2.34. The topological polar surface area (TPSA) is 79.3 Å². The molecule has 0 saturated heterocycles. The summed E-state index contributed by atoms with van der Waals surface area (Å²) in [6.07, 6.45) is 2.23. The van der Waals surface area contributed by atoms with Crippen LogP contribution in [-0.4, -0.2) is 22.0 Å². The second-order valence-corrected chi connectivity index (χ2v) is 3.88. The Bertz CT molecular complexity index is 379. The van der Waals surface area contributed by atoms with Gasteiger partial charge in [0.05, 0.1) is 18.2 Å². The number of carboxylic acids is 1. The van der Waals surface area contributed by atoms with Gasteiger partial charge in [0.2, 0.25) is 5.91 Å². The second-order valence-electron chi connectivity index (χ2n) is 3.88. The van der Waals surface area contributed by atoms with Gasteiger partial charge in [0.1, 0.15) is 0 Å². The standard InChI is InChI=1S/C12H16N2O3/c1-9(12(16)17)5-6-11(15)14-8-10-4-2-3-7-13-10/h2-4,7,9H,5-6,8H2,1H3,(H,14,15)(H,16,17). The largest absolute Gasteiger partial charge is 0.481 e. The molecule has 17 heavy (non-hydrogen) atoms. The van der Waals surface area contributed by atoms with Crippen molar-refractivity contribution in [2.45, 2.75) is 26.3 Å². The predicted octanol–water partition coefficient (Wildman–Crippen LogP) is 1.20. The van der Waals surface area contributed by atoms with E-state index in [1.54, 1.807) is 19.2 Å². The molecular weight excluding hydrogens is 220 g/mol. The Balaban J connectivity index is 2.24. The summed E-state index contributed by atoms with van der Waals surface area (Å²) in [5.74, 6) is -1.51. The number of aromatic nitrogens is 1. The van der Waals surface area contributed by atoms with Crippen LogP contribution in [0.3, 0.4) is 0 Å². The van der Waals surface area contributed by atoms with Gasteiger partial charge in [-0.25, -0.2) is 0 Å². The van der Waals surface area contributed by atoms with Crippen molar-refractivity contribution in [1.82, 2.24) is 10.3 Å². The lowest BCUT2D eigenvalue weighted by molar-refractivity contribution is -0.141. The van der Waals surface area contributed by atoms with Crippen LogP contribution in [0.5, 0.6) is 0 Å². The normalized spacial score (nSPS) is 11.8. The van der Waals surface area contributed by atoms with Crippen molar-refractivity contribution < 1.29 is 14.7 Å². The molecule has 5 nitrogen and oxygen atoms in total. The van der Waals surface area contributed by atoms with Crippen LogP contribution < -0.4 is 5.32 Å². The molecule has 1 atom stereocenters. The van der Waals surface area contributed by atoms with E-state index in [4.69, 9.17) is 5.11 Å². The third-order valence-corrected chi connectivity index (χ3v) is 2.42. The summed E-state index contributed by atoms with van der Waals surface area (Å²) in [7, 11) is 0. The van der Waals surface area contributed by atoms with Gasteiger partial charge in [-0.2, -0.15) is 0 Å². The van der Waals surface area contributed by atoms with E-state index >= 15 is 0 Å². The quantitative estimate of drug-likeness (QED) is 0.777. The van der Waals surface area contributed by atoms with Crippen LogP contribution in [0.4, 0.5) is 0 Å². The van der Waals surface area contributed by atoms with Gasteiger partial charge in [-0.3, -0.25) is 14.6 Å². The van der Waals surface area contributed by atoms with E-state index < -0.39 is 11.9 Å². The van der Waals surface area contributed by atoms with E-state index in [9.17, 15) is 9.59 Å². The summed E-state index contributed by atoms with van der Waals surface area (Å²) in [5, 5.41) is 11.4. The van der Waals surface area contributed by atoms with E-state index in [-0.39, 0.29) is 12.3 Å². The predicted molar refractivity (Wildman–Crippen MR) is 62.1 cm³/mol. The Morgan fingerprint density at radius 2 is 2.24 bits per heavy atom. The fourth-order valence-corrected chi connectivity index (χ4v) is 1.25. The number of amides is 1. The average molecular weight is 236 g/mol. The Labute approximate surface area is 99.9 Å². The first kappa shape index (κ1) is 13.2. The molecule has 1 aromatic heterocycles. The van der Waals surface area contributed by atoms with Crippen LogP contribution in [0.15, 0.2) is 24.4 Å². The minimum atomic E-state index is -0.873. The first-order valence-corrected chi connectivity index (χ1v) is 5.49. The summed E-state index contributed by atoms with van der Waals surface area (Å²) >= 11 is 0. The molecule has 1 amide bonds. The van der Waals surface area contributed by atoms with E-state index in [0.29, 0.717) is 13.0 Å². The number of aliphatic carboxylic acids is 1. The molecule has 92 valence electrons. The van der Waals surface area contributed by atoms with Gasteiger partial charge in [0.15, 0.2) is 0 Å². The number of carbonyl (C=O) groups is 2. The molecule has 1 unspecified atom stereocenters. The van der Waals surface area contributed by atoms with Crippen molar-refractivity contribution in [1.29, 1.82) is 0 Å².